The summed E-state index contributed by atoms with van der Waals surface area (Å²) in [6.07, 6.45) is 5.75. The summed E-state index contributed by atoms with van der Waals surface area (Å²) in [6, 6.07) is 7.46. The van der Waals surface area contributed by atoms with Gasteiger partial charge in [-0.3, -0.25) is 0 Å². The predicted octanol–water partition coefficient (Wildman–Crippen LogP) is 3.74. The predicted molar refractivity (Wildman–Crippen MR) is 71.6 cm³/mol. The monoisotopic (exact) mass is 247 g/mol. The Balaban J connectivity index is 1.54. The summed E-state index contributed by atoms with van der Waals surface area (Å²) in [7, 11) is 0. The van der Waals surface area contributed by atoms with Crippen molar-refractivity contribution in [2.45, 2.75) is 45.2 Å². The average Bonchev–Trinajstić information content (AvgIpc) is 2.98. The van der Waals surface area contributed by atoms with Crippen molar-refractivity contribution in [1.82, 2.24) is 5.32 Å². The lowest BCUT2D eigenvalue weighted by molar-refractivity contribution is 0.259. The molecule has 0 unspecified atom stereocenters. The zero-order chi connectivity index (χ0) is 12.5. The van der Waals surface area contributed by atoms with E-state index in [2.05, 4.69) is 12.2 Å². The lowest BCUT2D eigenvalue weighted by Gasteiger charge is -2.28. The lowest BCUT2D eigenvalue weighted by Crippen LogP contribution is -2.35. The molecule has 1 N–H and O–H groups in total. The number of benzene rings is 1. The van der Waals surface area contributed by atoms with Crippen molar-refractivity contribution >= 4 is 0 Å². The van der Waals surface area contributed by atoms with Gasteiger partial charge in [-0.25, -0.2) is 4.39 Å². The van der Waals surface area contributed by atoms with E-state index in [1.165, 1.54) is 31.7 Å². The molecule has 1 aromatic carbocycles. The first kappa shape index (κ1) is 12.2. The maximum absolute atomic E-state index is 13.1. The maximum Gasteiger partial charge on any atom is 0.123 e. The van der Waals surface area contributed by atoms with Crippen LogP contribution < -0.4 is 5.32 Å². The summed E-state index contributed by atoms with van der Waals surface area (Å²) in [5, 5.41) is 3.59. The molecule has 2 aliphatic rings. The maximum atomic E-state index is 13.1. The normalized spacial score (nSPS) is 31.8. The molecular weight excluding hydrogens is 225 g/mol. The van der Waals surface area contributed by atoms with Crippen molar-refractivity contribution in [3.05, 3.63) is 35.6 Å². The second-order valence-corrected chi connectivity index (χ2v) is 6.14. The van der Waals surface area contributed by atoms with Crippen molar-refractivity contribution in [3.63, 3.8) is 0 Å². The highest BCUT2D eigenvalue weighted by Crippen LogP contribution is 2.49. The Kier molecular flexibility index (Phi) is 3.38. The Hall–Kier alpha value is -0.890. The van der Waals surface area contributed by atoms with Crippen LogP contribution in [0.4, 0.5) is 4.39 Å². The molecule has 0 spiro atoms. The number of hydrogen-bond donors (Lipinski definition) is 1. The van der Waals surface area contributed by atoms with Crippen molar-refractivity contribution < 1.29 is 4.39 Å². The van der Waals surface area contributed by atoms with E-state index >= 15 is 0 Å². The van der Waals surface area contributed by atoms with Crippen LogP contribution in [-0.4, -0.2) is 6.04 Å². The smallest absolute Gasteiger partial charge is 0.123 e. The molecule has 0 amide bonds. The van der Waals surface area contributed by atoms with Crippen LogP contribution in [0.3, 0.4) is 0 Å². The van der Waals surface area contributed by atoms with Gasteiger partial charge in [-0.1, -0.05) is 18.6 Å². The molecule has 2 saturated carbocycles. The second-order valence-electron chi connectivity index (χ2n) is 6.14. The van der Waals surface area contributed by atoms with Crippen LogP contribution in [0.15, 0.2) is 24.3 Å². The van der Waals surface area contributed by atoms with E-state index < -0.39 is 0 Å². The molecule has 1 aromatic rings. The number of nitrogens with one attached hydrogen (secondary N) is 1. The van der Waals surface area contributed by atoms with Crippen molar-refractivity contribution in [1.29, 1.82) is 0 Å². The molecule has 2 bridgehead atoms. The molecular formula is C16H22FN. The third-order valence-corrected chi connectivity index (χ3v) is 4.95. The first-order valence-corrected chi connectivity index (χ1v) is 7.20. The van der Waals surface area contributed by atoms with Crippen molar-refractivity contribution in [3.8, 4) is 0 Å². The Labute approximate surface area is 109 Å². The number of fused-ring (bicyclic) bond motifs is 2. The zero-order valence-electron chi connectivity index (χ0n) is 11.0. The highest BCUT2D eigenvalue weighted by Gasteiger charge is 2.41. The van der Waals surface area contributed by atoms with Gasteiger partial charge in [0.2, 0.25) is 0 Å². The van der Waals surface area contributed by atoms with E-state index in [9.17, 15) is 4.39 Å². The fraction of sp³-hybridized carbons (Fsp3) is 0.625. The van der Waals surface area contributed by atoms with Crippen LogP contribution in [-0.2, 0) is 6.54 Å². The summed E-state index contributed by atoms with van der Waals surface area (Å²) in [4.78, 5) is 0. The Morgan fingerprint density at radius 1 is 1.33 bits per heavy atom. The number of rotatable bonds is 4. The highest BCUT2D eigenvalue weighted by atomic mass is 19.1. The molecule has 0 saturated heterocycles. The molecule has 0 radical (unpaired) electrons. The molecule has 3 rings (SSSR count). The quantitative estimate of drug-likeness (QED) is 0.854. The Bertz CT molecular complexity index is 417. The first-order valence-electron chi connectivity index (χ1n) is 7.20. The standard InChI is InChI=1S/C16H22FN/c1-11(16-9-12-5-6-14(16)7-12)18-10-13-3-2-4-15(17)8-13/h2-4,8,11-12,14,16,18H,5-7,9-10H2,1H3/t11-,12-,14-,16+/m1/s1. The third kappa shape index (κ3) is 2.44. The fourth-order valence-electron chi connectivity index (χ4n) is 3.98. The molecule has 98 valence electrons. The Morgan fingerprint density at radius 3 is 2.89 bits per heavy atom. The van der Waals surface area contributed by atoms with E-state index in [0.717, 1.165) is 29.9 Å². The van der Waals surface area contributed by atoms with Crippen LogP contribution >= 0.6 is 0 Å². The van der Waals surface area contributed by atoms with E-state index in [0.29, 0.717) is 6.04 Å². The summed E-state index contributed by atoms with van der Waals surface area (Å²) in [5.41, 5.74) is 1.05. The number of halogens is 1. The van der Waals surface area contributed by atoms with E-state index in [4.69, 9.17) is 0 Å². The summed E-state index contributed by atoms with van der Waals surface area (Å²) < 4.78 is 13.1. The van der Waals surface area contributed by atoms with Gasteiger partial charge >= 0.3 is 0 Å². The van der Waals surface area contributed by atoms with E-state index in [-0.39, 0.29) is 5.82 Å². The average molecular weight is 247 g/mol. The molecule has 2 aliphatic carbocycles. The van der Waals surface area contributed by atoms with Crippen LogP contribution in [0.5, 0.6) is 0 Å². The topological polar surface area (TPSA) is 12.0 Å². The number of hydrogen-bond acceptors (Lipinski definition) is 1. The van der Waals surface area contributed by atoms with Crippen LogP contribution in [0, 0.1) is 23.6 Å². The minimum absolute atomic E-state index is 0.137. The SMILES string of the molecule is C[C@@H](NCc1cccc(F)c1)[C@@H]1C[C@@H]2CC[C@@H]1C2. The molecule has 0 aromatic heterocycles. The molecule has 2 fully saturated rings. The van der Waals surface area contributed by atoms with Crippen molar-refractivity contribution in [2.24, 2.45) is 17.8 Å². The lowest BCUT2D eigenvalue weighted by atomic mass is 9.84. The molecule has 2 heteroatoms. The molecule has 0 heterocycles. The van der Waals surface area contributed by atoms with Gasteiger partial charge in [0.25, 0.3) is 0 Å². The largest absolute Gasteiger partial charge is 0.310 e. The van der Waals surface area contributed by atoms with Gasteiger partial charge in [-0.05, 0) is 61.6 Å². The highest BCUT2D eigenvalue weighted by molar-refractivity contribution is 5.16. The van der Waals surface area contributed by atoms with Gasteiger partial charge in [0.05, 0.1) is 0 Å². The zero-order valence-corrected chi connectivity index (χ0v) is 11.0. The van der Waals surface area contributed by atoms with Gasteiger partial charge < -0.3 is 5.32 Å². The van der Waals surface area contributed by atoms with Crippen LogP contribution in [0.1, 0.15) is 38.2 Å². The summed E-state index contributed by atoms with van der Waals surface area (Å²) in [5.74, 6) is 2.66. The van der Waals surface area contributed by atoms with Gasteiger partial charge in [0.1, 0.15) is 5.82 Å². The van der Waals surface area contributed by atoms with Crippen molar-refractivity contribution in [2.75, 3.05) is 0 Å². The summed E-state index contributed by atoms with van der Waals surface area (Å²) in [6.45, 7) is 3.08. The van der Waals surface area contributed by atoms with Gasteiger partial charge in [0.15, 0.2) is 0 Å². The molecule has 18 heavy (non-hydrogen) atoms. The van der Waals surface area contributed by atoms with E-state index in [1.54, 1.807) is 12.1 Å². The third-order valence-electron chi connectivity index (χ3n) is 4.95. The Morgan fingerprint density at radius 2 is 2.22 bits per heavy atom. The van der Waals surface area contributed by atoms with Gasteiger partial charge in [0, 0.05) is 12.6 Å². The van der Waals surface area contributed by atoms with Gasteiger partial charge in [-0.2, -0.15) is 0 Å². The van der Waals surface area contributed by atoms with Crippen LogP contribution in [0.25, 0.3) is 0 Å². The van der Waals surface area contributed by atoms with Crippen LogP contribution in [0.2, 0.25) is 0 Å². The molecule has 1 nitrogen and oxygen atoms in total. The second kappa shape index (κ2) is 5.00. The van der Waals surface area contributed by atoms with Gasteiger partial charge in [-0.15, -0.1) is 0 Å². The summed E-state index contributed by atoms with van der Waals surface area (Å²) >= 11 is 0. The first-order chi connectivity index (χ1) is 8.72. The molecule has 0 aliphatic heterocycles. The van der Waals surface area contributed by atoms with E-state index in [1.807, 2.05) is 6.07 Å². The minimum atomic E-state index is -0.137. The molecule has 4 atom stereocenters. The minimum Gasteiger partial charge on any atom is -0.310 e. The fourth-order valence-corrected chi connectivity index (χ4v) is 3.98.